The molecular weight excluding hydrogens is 378 g/mol. The van der Waals surface area contributed by atoms with E-state index in [2.05, 4.69) is 21.0 Å². The summed E-state index contributed by atoms with van der Waals surface area (Å²) in [4.78, 5) is 17.7. The Morgan fingerprint density at radius 2 is 2.20 bits per heavy atom. The van der Waals surface area contributed by atoms with E-state index < -0.39 is 0 Å². The first-order chi connectivity index (χ1) is 14.6. The van der Waals surface area contributed by atoms with E-state index in [-0.39, 0.29) is 0 Å². The predicted octanol–water partition coefficient (Wildman–Crippen LogP) is 3.12. The SMILES string of the molecule is CCN=CCC(N)=Nc1ncc2c(n1)-c1c(nn(C)c1-c1cccc(OC)c1)CC2. The van der Waals surface area contributed by atoms with Gasteiger partial charge in [-0.3, -0.25) is 9.67 Å². The van der Waals surface area contributed by atoms with Crippen LogP contribution < -0.4 is 10.5 Å². The number of benzene rings is 1. The number of aryl methyl sites for hydroxylation is 3. The second-order valence-electron chi connectivity index (χ2n) is 7.06. The van der Waals surface area contributed by atoms with Crippen molar-refractivity contribution in [2.75, 3.05) is 13.7 Å². The van der Waals surface area contributed by atoms with E-state index in [1.54, 1.807) is 13.3 Å². The van der Waals surface area contributed by atoms with E-state index in [0.717, 1.165) is 58.9 Å². The van der Waals surface area contributed by atoms with Gasteiger partial charge in [0.2, 0.25) is 0 Å². The van der Waals surface area contributed by atoms with Crippen LogP contribution in [0.2, 0.25) is 0 Å². The van der Waals surface area contributed by atoms with E-state index in [0.29, 0.717) is 18.2 Å². The van der Waals surface area contributed by atoms with E-state index in [1.165, 1.54) is 0 Å². The van der Waals surface area contributed by atoms with Gasteiger partial charge in [0.05, 0.1) is 24.2 Å². The summed E-state index contributed by atoms with van der Waals surface area (Å²) in [6.07, 6.45) is 5.78. The fourth-order valence-electron chi connectivity index (χ4n) is 3.67. The summed E-state index contributed by atoms with van der Waals surface area (Å²) in [6, 6.07) is 7.97. The highest BCUT2D eigenvalue weighted by Gasteiger charge is 2.27. The van der Waals surface area contributed by atoms with Crippen LogP contribution in [0.4, 0.5) is 5.95 Å². The van der Waals surface area contributed by atoms with Crippen LogP contribution in [0, 0.1) is 0 Å². The summed E-state index contributed by atoms with van der Waals surface area (Å²) in [7, 11) is 3.62. The molecule has 8 heteroatoms. The highest BCUT2D eigenvalue weighted by molar-refractivity contribution is 5.94. The highest BCUT2D eigenvalue weighted by atomic mass is 16.5. The predicted molar refractivity (Wildman–Crippen MR) is 119 cm³/mol. The molecule has 0 spiro atoms. The molecule has 0 aliphatic heterocycles. The first-order valence-electron chi connectivity index (χ1n) is 9.98. The molecule has 8 nitrogen and oxygen atoms in total. The number of fused-ring (bicyclic) bond motifs is 3. The third-order valence-electron chi connectivity index (χ3n) is 5.04. The molecule has 154 valence electrons. The highest BCUT2D eigenvalue weighted by Crippen LogP contribution is 2.40. The van der Waals surface area contributed by atoms with Gasteiger partial charge in [-0.05, 0) is 37.5 Å². The van der Waals surface area contributed by atoms with Gasteiger partial charge in [-0.15, -0.1) is 0 Å². The van der Waals surface area contributed by atoms with Gasteiger partial charge in [-0.2, -0.15) is 10.1 Å². The maximum Gasteiger partial charge on any atom is 0.251 e. The van der Waals surface area contributed by atoms with Crippen LogP contribution in [0.1, 0.15) is 24.6 Å². The molecule has 0 amide bonds. The second-order valence-corrected chi connectivity index (χ2v) is 7.06. The number of nitrogens with zero attached hydrogens (tertiary/aromatic N) is 6. The molecule has 3 aromatic rings. The number of ether oxygens (including phenoxy) is 1. The summed E-state index contributed by atoms with van der Waals surface area (Å²) >= 11 is 0. The lowest BCUT2D eigenvalue weighted by atomic mass is 9.91. The number of aliphatic imine (C=N–C) groups is 2. The molecule has 2 N–H and O–H groups in total. The Kier molecular flexibility index (Phi) is 5.56. The first-order valence-corrected chi connectivity index (χ1v) is 9.98. The minimum atomic E-state index is 0.351. The Labute approximate surface area is 175 Å². The zero-order chi connectivity index (χ0) is 21.1. The molecule has 4 rings (SSSR count). The lowest BCUT2D eigenvalue weighted by Gasteiger charge is -2.16. The van der Waals surface area contributed by atoms with Gasteiger partial charge in [0.25, 0.3) is 5.95 Å². The van der Waals surface area contributed by atoms with Gasteiger partial charge < -0.3 is 10.5 Å². The van der Waals surface area contributed by atoms with E-state index in [1.807, 2.05) is 43.0 Å². The number of aromatic nitrogens is 4. The minimum Gasteiger partial charge on any atom is -0.497 e. The Hall–Kier alpha value is -3.55. The third kappa shape index (κ3) is 3.80. The standard InChI is InChI=1S/C22H25N7O/c1-4-24-11-10-18(23)26-22-25-13-15-8-9-17-19(20(15)27-22)21(29(2)28-17)14-6-5-7-16(12-14)30-3/h5-7,11-13H,4,8-10H2,1-3H3,(H2,23,25,26,27). The Morgan fingerprint density at radius 3 is 3.00 bits per heavy atom. The first kappa shape index (κ1) is 19.8. The van der Waals surface area contributed by atoms with Gasteiger partial charge >= 0.3 is 0 Å². The molecule has 2 aromatic heterocycles. The average Bonchev–Trinajstić information content (AvgIpc) is 3.10. The third-order valence-corrected chi connectivity index (χ3v) is 5.04. The van der Waals surface area contributed by atoms with Crippen LogP contribution in [0.25, 0.3) is 22.5 Å². The quantitative estimate of drug-likeness (QED) is 0.503. The Bertz CT molecular complexity index is 1130. The lowest BCUT2D eigenvalue weighted by Crippen LogP contribution is -2.12. The van der Waals surface area contributed by atoms with Crippen LogP contribution in [0.5, 0.6) is 5.75 Å². The van der Waals surface area contributed by atoms with Crippen molar-refractivity contribution in [3.63, 3.8) is 0 Å². The van der Waals surface area contributed by atoms with Crippen molar-refractivity contribution in [2.24, 2.45) is 22.8 Å². The number of hydrogen-bond acceptors (Lipinski definition) is 6. The van der Waals surface area contributed by atoms with Gasteiger partial charge in [0.15, 0.2) is 0 Å². The van der Waals surface area contributed by atoms with Crippen LogP contribution in [0.15, 0.2) is 40.4 Å². The molecule has 1 aliphatic carbocycles. The van der Waals surface area contributed by atoms with Crippen molar-refractivity contribution >= 4 is 18.0 Å². The molecule has 0 saturated carbocycles. The smallest absolute Gasteiger partial charge is 0.251 e. The molecule has 0 saturated heterocycles. The van der Waals surface area contributed by atoms with Crippen molar-refractivity contribution in [2.45, 2.75) is 26.2 Å². The molecule has 1 aromatic carbocycles. The van der Waals surface area contributed by atoms with Crippen LogP contribution in [-0.4, -0.2) is 45.5 Å². The van der Waals surface area contributed by atoms with Gasteiger partial charge in [0, 0.05) is 43.6 Å². The number of amidine groups is 1. The topological polar surface area (TPSA) is 104 Å². The second kappa shape index (κ2) is 8.44. The minimum absolute atomic E-state index is 0.351. The van der Waals surface area contributed by atoms with Gasteiger partial charge in [0.1, 0.15) is 11.6 Å². The maximum atomic E-state index is 6.02. The monoisotopic (exact) mass is 403 g/mol. The summed E-state index contributed by atoms with van der Waals surface area (Å²) in [5, 5.41) is 4.76. The summed E-state index contributed by atoms with van der Waals surface area (Å²) in [6.45, 7) is 2.70. The van der Waals surface area contributed by atoms with E-state index >= 15 is 0 Å². The molecule has 0 bridgehead atoms. The van der Waals surface area contributed by atoms with Crippen molar-refractivity contribution in [3.05, 3.63) is 41.7 Å². The fourth-order valence-corrected chi connectivity index (χ4v) is 3.67. The molecule has 2 heterocycles. The zero-order valence-corrected chi connectivity index (χ0v) is 17.5. The maximum absolute atomic E-state index is 6.02. The van der Waals surface area contributed by atoms with Crippen LogP contribution in [0.3, 0.4) is 0 Å². The summed E-state index contributed by atoms with van der Waals surface area (Å²) < 4.78 is 7.32. The number of nitrogens with two attached hydrogens (primary N) is 1. The van der Waals surface area contributed by atoms with E-state index in [4.69, 9.17) is 20.6 Å². The summed E-state index contributed by atoms with van der Waals surface area (Å²) in [5.41, 5.74) is 12.1. The summed E-state index contributed by atoms with van der Waals surface area (Å²) in [5.74, 6) is 1.58. The van der Waals surface area contributed by atoms with Crippen molar-refractivity contribution in [3.8, 4) is 28.3 Å². The Morgan fingerprint density at radius 1 is 1.33 bits per heavy atom. The van der Waals surface area contributed by atoms with Crippen molar-refractivity contribution < 1.29 is 4.74 Å². The van der Waals surface area contributed by atoms with Crippen molar-refractivity contribution in [1.82, 2.24) is 19.7 Å². The lowest BCUT2D eigenvalue weighted by molar-refractivity contribution is 0.415. The normalized spacial score (nSPS) is 13.4. The number of hydrogen-bond donors (Lipinski definition) is 1. The van der Waals surface area contributed by atoms with Crippen LogP contribution >= 0.6 is 0 Å². The molecule has 1 aliphatic rings. The molecule has 30 heavy (non-hydrogen) atoms. The number of methoxy groups -OCH3 is 1. The number of rotatable bonds is 6. The molecule has 0 atom stereocenters. The fraction of sp³-hybridized carbons (Fsp3) is 0.318. The van der Waals surface area contributed by atoms with Gasteiger partial charge in [-0.25, -0.2) is 9.97 Å². The molecule has 0 fully saturated rings. The van der Waals surface area contributed by atoms with Crippen LogP contribution in [-0.2, 0) is 19.9 Å². The van der Waals surface area contributed by atoms with E-state index in [9.17, 15) is 0 Å². The van der Waals surface area contributed by atoms with Gasteiger partial charge in [-0.1, -0.05) is 12.1 Å². The molecule has 0 radical (unpaired) electrons. The van der Waals surface area contributed by atoms with Crippen molar-refractivity contribution in [1.29, 1.82) is 0 Å². The molecular formula is C22H25N7O. The largest absolute Gasteiger partial charge is 0.497 e. The zero-order valence-electron chi connectivity index (χ0n) is 17.5. The molecule has 0 unspecified atom stereocenters. The average molecular weight is 403 g/mol. The Balaban J connectivity index is 1.79.